The maximum atomic E-state index is 12.3. The summed E-state index contributed by atoms with van der Waals surface area (Å²) in [5.74, 6) is 1.17. The SMILES string of the molecule is CC(C)CC1(N2CCN(C)CC2)CCN(C(=O)C(C)C)CC1. The van der Waals surface area contributed by atoms with Crippen LogP contribution in [0.4, 0.5) is 0 Å². The maximum absolute atomic E-state index is 12.3. The molecule has 0 aromatic rings. The van der Waals surface area contributed by atoms with Crippen molar-refractivity contribution in [3.63, 3.8) is 0 Å². The lowest BCUT2D eigenvalue weighted by molar-refractivity contribution is -0.138. The first-order valence-electron chi connectivity index (χ1n) is 9.06. The standard InChI is InChI=1S/C18H35N3O/c1-15(2)14-18(21-12-10-19(5)11-13-21)6-8-20(9-7-18)17(22)16(3)4/h15-16H,6-14H2,1-5H3. The minimum Gasteiger partial charge on any atom is -0.342 e. The zero-order valence-corrected chi connectivity index (χ0v) is 15.3. The Kier molecular flexibility index (Phi) is 5.89. The highest BCUT2D eigenvalue weighted by Crippen LogP contribution is 2.36. The van der Waals surface area contributed by atoms with Crippen LogP contribution in [0.1, 0.15) is 47.0 Å². The second kappa shape index (κ2) is 7.31. The first-order chi connectivity index (χ1) is 10.3. The second-order valence-corrected chi connectivity index (χ2v) is 8.09. The normalized spacial score (nSPS) is 24.2. The summed E-state index contributed by atoms with van der Waals surface area (Å²) < 4.78 is 0. The molecule has 128 valence electrons. The van der Waals surface area contributed by atoms with Crippen molar-refractivity contribution >= 4 is 5.91 Å². The number of hydrogen-bond donors (Lipinski definition) is 0. The van der Waals surface area contributed by atoms with Gasteiger partial charge in [0, 0.05) is 50.7 Å². The molecule has 2 aliphatic heterocycles. The summed E-state index contributed by atoms with van der Waals surface area (Å²) in [5.41, 5.74) is 0.323. The van der Waals surface area contributed by atoms with Gasteiger partial charge >= 0.3 is 0 Å². The Hall–Kier alpha value is -0.610. The van der Waals surface area contributed by atoms with E-state index in [2.05, 4.69) is 35.6 Å². The molecule has 1 amide bonds. The van der Waals surface area contributed by atoms with Gasteiger partial charge in [-0.25, -0.2) is 0 Å². The highest BCUT2D eigenvalue weighted by Gasteiger charge is 2.41. The van der Waals surface area contributed by atoms with Crippen LogP contribution >= 0.6 is 0 Å². The van der Waals surface area contributed by atoms with Gasteiger partial charge in [-0.15, -0.1) is 0 Å². The lowest BCUT2D eigenvalue weighted by Crippen LogP contribution is -2.61. The summed E-state index contributed by atoms with van der Waals surface area (Å²) >= 11 is 0. The van der Waals surface area contributed by atoms with Crippen LogP contribution < -0.4 is 0 Å². The first-order valence-corrected chi connectivity index (χ1v) is 9.06. The zero-order valence-electron chi connectivity index (χ0n) is 15.3. The van der Waals surface area contributed by atoms with Crippen LogP contribution in [0.2, 0.25) is 0 Å². The van der Waals surface area contributed by atoms with Gasteiger partial charge in [-0.1, -0.05) is 27.7 Å². The van der Waals surface area contributed by atoms with Crippen LogP contribution in [-0.2, 0) is 4.79 Å². The molecule has 0 aromatic heterocycles. The van der Waals surface area contributed by atoms with E-state index in [4.69, 9.17) is 0 Å². The molecule has 0 radical (unpaired) electrons. The molecule has 2 fully saturated rings. The summed E-state index contributed by atoms with van der Waals surface area (Å²) in [6.07, 6.45) is 3.56. The molecule has 0 spiro atoms. The van der Waals surface area contributed by atoms with E-state index >= 15 is 0 Å². The third kappa shape index (κ3) is 4.02. The molecule has 22 heavy (non-hydrogen) atoms. The Bertz CT molecular complexity index is 365. The van der Waals surface area contributed by atoms with Gasteiger partial charge in [-0.3, -0.25) is 9.69 Å². The smallest absolute Gasteiger partial charge is 0.225 e. The first kappa shape index (κ1) is 17.7. The molecule has 0 aliphatic carbocycles. The summed E-state index contributed by atoms with van der Waals surface area (Å²) in [7, 11) is 2.22. The number of carbonyl (C=O) groups excluding carboxylic acids is 1. The average molecular weight is 309 g/mol. The number of likely N-dealkylation sites (tertiary alicyclic amines) is 1. The fourth-order valence-corrected chi connectivity index (χ4v) is 4.20. The fourth-order valence-electron chi connectivity index (χ4n) is 4.20. The van der Waals surface area contributed by atoms with E-state index in [0.717, 1.165) is 25.9 Å². The van der Waals surface area contributed by atoms with E-state index < -0.39 is 0 Å². The molecule has 2 rings (SSSR count). The third-order valence-electron chi connectivity index (χ3n) is 5.46. The molecule has 2 heterocycles. The Morgan fingerprint density at radius 1 is 0.955 bits per heavy atom. The van der Waals surface area contributed by atoms with E-state index in [1.807, 2.05) is 13.8 Å². The van der Waals surface area contributed by atoms with Crippen LogP contribution in [0.3, 0.4) is 0 Å². The van der Waals surface area contributed by atoms with Crippen molar-refractivity contribution in [3.05, 3.63) is 0 Å². The molecule has 4 nitrogen and oxygen atoms in total. The molecule has 0 atom stereocenters. The van der Waals surface area contributed by atoms with Crippen LogP contribution in [0.15, 0.2) is 0 Å². The van der Waals surface area contributed by atoms with Gasteiger partial charge in [0.05, 0.1) is 0 Å². The predicted octanol–water partition coefficient (Wildman–Crippen LogP) is 2.30. The molecule has 4 heteroatoms. The van der Waals surface area contributed by atoms with Crippen LogP contribution in [0.25, 0.3) is 0 Å². The predicted molar refractivity (Wildman–Crippen MR) is 91.9 cm³/mol. The summed E-state index contributed by atoms with van der Waals surface area (Å²) in [6.45, 7) is 15.3. The fraction of sp³-hybridized carbons (Fsp3) is 0.944. The Morgan fingerprint density at radius 2 is 1.50 bits per heavy atom. The maximum Gasteiger partial charge on any atom is 0.225 e. The van der Waals surface area contributed by atoms with Crippen molar-refractivity contribution < 1.29 is 4.79 Å². The number of piperidine rings is 1. The second-order valence-electron chi connectivity index (χ2n) is 8.09. The Morgan fingerprint density at radius 3 is 1.95 bits per heavy atom. The summed E-state index contributed by atoms with van der Waals surface area (Å²) in [5, 5.41) is 0. The number of likely N-dealkylation sites (N-methyl/N-ethyl adjacent to an activating group) is 1. The molecule has 0 bridgehead atoms. The Balaban J connectivity index is 2.04. The lowest BCUT2D eigenvalue weighted by Gasteiger charge is -2.52. The van der Waals surface area contributed by atoms with Crippen molar-refractivity contribution in [3.8, 4) is 0 Å². The Labute approximate surface area is 136 Å². The van der Waals surface area contributed by atoms with Crippen molar-refractivity contribution in [1.82, 2.24) is 14.7 Å². The van der Waals surface area contributed by atoms with Crippen molar-refractivity contribution in [2.75, 3.05) is 46.3 Å². The number of amides is 1. The third-order valence-corrected chi connectivity index (χ3v) is 5.46. The largest absolute Gasteiger partial charge is 0.342 e. The van der Waals surface area contributed by atoms with Gasteiger partial charge in [0.25, 0.3) is 0 Å². The highest BCUT2D eigenvalue weighted by atomic mass is 16.2. The zero-order chi connectivity index (χ0) is 16.3. The number of piperazine rings is 1. The van der Waals surface area contributed by atoms with Gasteiger partial charge in [-0.2, -0.15) is 0 Å². The molecule has 2 aliphatic rings. The number of nitrogens with zero attached hydrogens (tertiary/aromatic N) is 3. The average Bonchev–Trinajstić information content (AvgIpc) is 2.47. The van der Waals surface area contributed by atoms with Gasteiger partial charge in [0.1, 0.15) is 0 Å². The van der Waals surface area contributed by atoms with Crippen molar-refractivity contribution in [2.45, 2.75) is 52.5 Å². The van der Waals surface area contributed by atoms with Gasteiger partial charge in [0.15, 0.2) is 0 Å². The van der Waals surface area contributed by atoms with Crippen LogP contribution in [0.5, 0.6) is 0 Å². The molecule has 0 aromatic carbocycles. The lowest BCUT2D eigenvalue weighted by atomic mass is 9.78. The van der Waals surface area contributed by atoms with E-state index in [0.29, 0.717) is 17.4 Å². The minimum absolute atomic E-state index is 0.126. The van der Waals surface area contributed by atoms with Crippen LogP contribution in [0, 0.1) is 11.8 Å². The molecule has 2 saturated heterocycles. The minimum atomic E-state index is 0.126. The highest BCUT2D eigenvalue weighted by molar-refractivity contribution is 5.78. The number of hydrogen-bond acceptors (Lipinski definition) is 3. The molecule has 0 saturated carbocycles. The topological polar surface area (TPSA) is 26.8 Å². The van der Waals surface area contributed by atoms with Crippen LogP contribution in [-0.4, -0.2) is 72.5 Å². The van der Waals surface area contributed by atoms with Gasteiger partial charge < -0.3 is 9.80 Å². The molecule has 0 unspecified atom stereocenters. The van der Waals surface area contributed by atoms with E-state index in [-0.39, 0.29) is 5.92 Å². The molecular weight excluding hydrogens is 274 g/mol. The summed E-state index contributed by atoms with van der Waals surface area (Å²) in [6, 6.07) is 0. The summed E-state index contributed by atoms with van der Waals surface area (Å²) in [4.78, 5) is 19.5. The van der Waals surface area contributed by atoms with Gasteiger partial charge in [-0.05, 0) is 32.2 Å². The molecular formula is C18H35N3O. The molecule has 0 N–H and O–H groups in total. The van der Waals surface area contributed by atoms with E-state index in [1.165, 1.54) is 32.6 Å². The monoisotopic (exact) mass is 309 g/mol. The van der Waals surface area contributed by atoms with E-state index in [9.17, 15) is 4.79 Å². The van der Waals surface area contributed by atoms with Crippen molar-refractivity contribution in [1.29, 1.82) is 0 Å². The number of rotatable bonds is 4. The van der Waals surface area contributed by atoms with Gasteiger partial charge in [0.2, 0.25) is 5.91 Å². The quantitative estimate of drug-likeness (QED) is 0.797. The number of carbonyl (C=O) groups is 1. The van der Waals surface area contributed by atoms with Crippen molar-refractivity contribution in [2.24, 2.45) is 11.8 Å². The van der Waals surface area contributed by atoms with E-state index in [1.54, 1.807) is 0 Å².